The number of amides is 1. The fourth-order valence-corrected chi connectivity index (χ4v) is 2.37. The molecule has 136 valence electrons. The summed E-state index contributed by atoms with van der Waals surface area (Å²) in [6.07, 6.45) is 4.97. The normalized spacial score (nSPS) is 13.0. The molecule has 6 nitrogen and oxygen atoms in total. The second kappa shape index (κ2) is 8.19. The van der Waals surface area contributed by atoms with Crippen molar-refractivity contribution in [1.29, 1.82) is 5.26 Å². The minimum atomic E-state index is -0.575. The number of esters is 1. The molecule has 0 unspecified atom stereocenters. The molecular weight excluding hydrogens is 344 g/mol. The molecule has 0 saturated heterocycles. The van der Waals surface area contributed by atoms with E-state index in [0.29, 0.717) is 22.9 Å². The number of benzene rings is 2. The first kappa shape index (κ1) is 18.2. The minimum absolute atomic E-state index is 0.0830. The van der Waals surface area contributed by atoms with Gasteiger partial charge >= 0.3 is 5.97 Å². The molecule has 0 spiro atoms. The zero-order valence-electron chi connectivity index (χ0n) is 14.8. The molecular formula is C21H18N2O4. The van der Waals surface area contributed by atoms with Crippen LogP contribution in [0.25, 0.3) is 6.08 Å². The molecule has 0 heterocycles. The lowest BCUT2D eigenvalue weighted by atomic mass is 10.1. The maximum absolute atomic E-state index is 12.0. The van der Waals surface area contributed by atoms with Crippen molar-refractivity contribution in [2.24, 2.45) is 0 Å². The number of hydrogen-bond acceptors (Lipinski definition) is 5. The Bertz CT molecular complexity index is 922. The highest BCUT2D eigenvalue weighted by Crippen LogP contribution is 2.28. The van der Waals surface area contributed by atoms with Crippen LogP contribution in [-0.2, 0) is 4.79 Å². The van der Waals surface area contributed by atoms with Crippen LogP contribution in [0.3, 0.4) is 0 Å². The highest BCUT2D eigenvalue weighted by atomic mass is 16.6. The van der Waals surface area contributed by atoms with E-state index in [-0.39, 0.29) is 11.7 Å². The predicted molar refractivity (Wildman–Crippen MR) is 99.3 cm³/mol. The summed E-state index contributed by atoms with van der Waals surface area (Å²) in [5, 5.41) is 11.8. The third-order valence-corrected chi connectivity index (χ3v) is 4.00. The summed E-state index contributed by atoms with van der Waals surface area (Å²) in [5.41, 5.74) is 1.76. The van der Waals surface area contributed by atoms with Gasteiger partial charge in [-0.05, 0) is 48.7 Å². The molecule has 2 aromatic rings. The van der Waals surface area contributed by atoms with Crippen molar-refractivity contribution in [3.05, 3.63) is 65.2 Å². The third-order valence-electron chi connectivity index (χ3n) is 4.00. The number of nitrogens with one attached hydrogen (secondary N) is 1. The van der Waals surface area contributed by atoms with E-state index >= 15 is 0 Å². The van der Waals surface area contributed by atoms with Gasteiger partial charge in [-0.1, -0.05) is 12.1 Å². The van der Waals surface area contributed by atoms with Gasteiger partial charge < -0.3 is 14.8 Å². The molecule has 3 rings (SSSR count). The molecule has 6 heteroatoms. The molecule has 0 aromatic heterocycles. The Morgan fingerprint density at radius 3 is 2.52 bits per heavy atom. The smallest absolute Gasteiger partial charge is 0.336 e. The predicted octanol–water partition coefficient (Wildman–Crippen LogP) is 3.08. The van der Waals surface area contributed by atoms with Crippen LogP contribution in [0, 0.1) is 11.3 Å². The average Bonchev–Trinajstić information content (AvgIpc) is 3.51. The molecule has 1 aliphatic rings. The van der Waals surface area contributed by atoms with Gasteiger partial charge in [0.1, 0.15) is 0 Å². The van der Waals surface area contributed by atoms with Crippen LogP contribution in [0.1, 0.15) is 34.3 Å². The molecule has 0 aliphatic heterocycles. The molecule has 0 bridgehead atoms. The van der Waals surface area contributed by atoms with Crippen LogP contribution >= 0.6 is 0 Å². The Morgan fingerprint density at radius 1 is 1.15 bits per heavy atom. The van der Waals surface area contributed by atoms with Crippen molar-refractivity contribution >= 4 is 18.0 Å². The van der Waals surface area contributed by atoms with Gasteiger partial charge in [-0.3, -0.25) is 4.79 Å². The molecule has 0 radical (unpaired) electrons. The number of methoxy groups -OCH3 is 1. The zero-order chi connectivity index (χ0) is 19.2. The molecule has 2 aromatic carbocycles. The summed E-state index contributed by atoms with van der Waals surface area (Å²) in [5.74, 6) is -0.117. The fourth-order valence-electron chi connectivity index (χ4n) is 2.37. The number of carbonyl (C=O) groups excluding carboxylic acids is 2. The van der Waals surface area contributed by atoms with E-state index in [0.717, 1.165) is 18.4 Å². The van der Waals surface area contributed by atoms with Crippen molar-refractivity contribution in [1.82, 2.24) is 5.32 Å². The van der Waals surface area contributed by atoms with Gasteiger partial charge in [-0.15, -0.1) is 0 Å². The fraction of sp³-hybridized carbons (Fsp3) is 0.190. The SMILES string of the molecule is COc1cc(C#N)ccc1OC(=O)/C=C/c1ccc(C(=O)NC2CC2)cc1. The summed E-state index contributed by atoms with van der Waals surface area (Å²) in [6.45, 7) is 0. The Labute approximate surface area is 157 Å². The van der Waals surface area contributed by atoms with Crippen molar-refractivity contribution in [3.63, 3.8) is 0 Å². The number of nitriles is 1. The van der Waals surface area contributed by atoms with Crippen LogP contribution in [0.4, 0.5) is 0 Å². The largest absolute Gasteiger partial charge is 0.493 e. The number of carbonyl (C=O) groups is 2. The third kappa shape index (κ3) is 4.95. The van der Waals surface area contributed by atoms with Crippen LogP contribution in [0.5, 0.6) is 11.5 Å². The summed E-state index contributed by atoms with van der Waals surface area (Å²) >= 11 is 0. The molecule has 1 fully saturated rings. The Balaban J connectivity index is 1.61. The van der Waals surface area contributed by atoms with Gasteiger partial charge in [0, 0.05) is 23.7 Å². The summed E-state index contributed by atoms with van der Waals surface area (Å²) in [7, 11) is 1.44. The molecule has 1 N–H and O–H groups in total. The van der Waals surface area contributed by atoms with E-state index in [1.807, 2.05) is 6.07 Å². The lowest BCUT2D eigenvalue weighted by Gasteiger charge is -2.07. The average molecular weight is 362 g/mol. The van der Waals surface area contributed by atoms with E-state index in [9.17, 15) is 9.59 Å². The molecule has 1 aliphatic carbocycles. The highest BCUT2D eigenvalue weighted by Gasteiger charge is 2.23. The van der Waals surface area contributed by atoms with E-state index < -0.39 is 5.97 Å². The lowest BCUT2D eigenvalue weighted by Crippen LogP contribution is -2.25. The summed E-state index contributed by atoms with van der Waals surface area (Å²) in [6, 6.07) is 13.8. The van der Waals surface area contributed by atoms with Crippen molar-refractivity contribution in [2.45, 2.75) is 18.9 Å². The molecule has 1 amide bonds. The lowest BCUT2D eigenvalue weighted by molar-refractivity contribution is -0.129. The maximum Gasteiger partial charge on any atom is 0.336 e. The number of nitrogens with zero attached hydrogens (tertiary/aromatic N) is 1. The van der Waals surface area contributed by atoms with Crippen LogP contribution < -0.4 is 14.8 Å². The monoisotopic (exact) mass is 362 g/mol. The first-order valence-corrected chi connectivity index (χ1v) is 8.48. The van der Waals surface area contributed by atoms with E-state index in [1.165, 1.54) is 25.3 Å². The van der Waals surface area contributed by atoms with Crippen molar-refractivity contribution in [3.8, 4) is 17.6 Å². The first-order chi connectivity index (χ1) is 13.1. The van der Waals surface area contributed by atoms with Gasteiger partial charge in [-0.2, -0.15) is 5.26 Å². The minimum Gasteiger partial charge on any atom is -0.493 e. The molecule has 27 heavy (non-hydrogen) atoms. The van der Waals surface area contributed by atoms with Gasteiger partial charge in [0.25, 0.3) is 5.91 Å². The molecule has 0 atom stereocenters. The van der Waals surface area contributed by atoms with Crippen LogP contribution in [0.2, 0.25) is 0 Å². The number of rotatable bonds is 6. The van der Waals surface area contributed by atoms with Crippen LogP contribution in [0.15, 0.2) is 48.5 Å². The quantitative estimate of drug-likeness (QED) is 0.485. The van der Waals surface area contributed by atoms with Gasteiger partial charge in [0.05, 0.1) is 18.7 Å². The molecule has 1 saturated carbocycles. The summed E-state index contributed by atoms with van der Waals surface area (Å²) in [4.78, 5) is 24.0. The van der Waals surface area contributed by atoms with Crippen molar-refractivity contribution in [2.75, 3.05) is 7.11 Å². The van der Waals surface area contributed by atoms with Crippen LogP contribution in [-0.4, -0.2) is 25.0 Å². The van der Waals surface area contributed by atoms with Gasteiger partial charge in [-0.25, -0.2) is 4.79 Å². The van der Waals surface area contributed by atoms with E-state index in [2.05, 4.69) is 5.32 Å². The standard InChI is InChI=1S/C21H18N2O4/c1-26-19-12-15(13-22)4-10-18(19)27-20(24)11-5-14-2-6-16(7-3-14)21(25)23-17-8-9-17/h2-7,10-12,17H,8-9H2,1H3,(H,23,25)/b11-5+. The number of hydrogen-bond donors (Lipinski definition) is 1. The zero-order valence-corrected chi connectivity index (χ0v) is 14.8. The number of ether oxygens (including phenoxy) is 2. The van der Waals surface area contributed by atoms with E-state index in [1.54, 1.807) is 36.4 Å². The highest BCUT2D eigenvalue weighted by molar-refractivity contribution is 5.95. The Hall–Kier alpha value is -3.59. The summed E-state index contributed by atoms with van der Waals surface area (Å²) < 4.78 is 10.4. The Kier molecular flexibility index (Phi) is 5.53. The topological polar surface area (TPSA) is 88.4 Å². The first-order valence-electron chi connectivity index (χ1n) is 8.48. The second-order valence-corrected chi connectivity index (χ2v) is 6.10. The second-order valence-electron chi connectivity index (χ2n) is 6.10. The maximum atomic E-state index is 12.0. The van der Waals surface area contributed by atoms with Crippen molar-refractivity contribution < 1.29 is 19.1 Å². The van der Waals surface area contributed by atoms with Gasteiger partial charge in [0.15, 0.2) is 11.5 Å². The Morgan fingerprint density at radius 2 is 1.89 bits per heavy atom. The van der Waals surface area contributed by atoms with Gasteiger partial charge in [0.2, 0.25) is 0 Å². The van der Waals surface area contributed by atoms with E-state index in [4.69, 9.17) is 14.7 Å².